The molecule has 43 heavy (non-hydrogen) atoms. The van der Waals surface area contributed by atoms with Crippen LogP contribution in [0.4, 0.5) is 0 Å². The first kappa shape index (κ1) is 23.4. The minimum Gasteiger partial charge on any atom is -0.309 e. The fraction of sp³-hybridized carbons (Fsp3) is 0.0244. The molecule has 0 N–H and O–H groups in total. The van der Waals surface area contributed by atoms with Crippen molar-refractivity contribution in [2.75, 3.05) is 0 Å². The molecule has 2 heterocycles. The molecule has 2 heteroatoms. The van der Waals surface area contributed by atoms with Gasteiger partial charge in [-0.15, -0.1) is 11.3 Å². The van der Waals surface area contributed by atoms with Crippen molar-refractivity contribution in [2.45, 2.75) is 6.42 Å². The number of benzene rings is 7. The third-order valence-electron chi connectivity index (χ3n) is 9.40. The first-order valence-electron chi connectivity index (χ1n) is 14.9. The number of nitrogens with zero attached hydrogens (tertiary/aromatic N) is 1. The molecule has 0 bridgehead atoms. The van der Waals surface area contributed by atoms with Gasteiger partial charge in [0.1, 0.15) is 0 Å². The van der Waals surface area contributed by atoms with Gasteiger partial charge in [-0.2, -0.15) is 0 Å². The Morgan fingerprint density at radius 2 is 1.19 bits per heavy atom. The van der Waals surface area contributed by atoms with E-state index in [0.29, 0.717) is 0 Å². The molecular formula is C41H25NS. The highest BCUT2D eigenvalue weighted by Gasteiger charge is 2.26. The Balaban J connectivity index is 1.20. The molecule has 10 rings (SSSR count). The van der Waals surface area contributed by atoms with Crippen molar-refractivity contribution in [1.82, 2.24) is 4.57 Å². The van der Waals surface area contributed by atoms with Crippen molar-refractivity contribution >= 4 is 64.1 Å². The first-order chi connectivity index (χ1) is 21.3. The highest BCUT2D eigenvalue weighted by Crippen LogP contribution is 2.51. The van der Waals surface area contributed by atoms with E-state index in [1.165, 1.54) is 91.8 Å². The molecule has 0 atom stereocenters. The normalized spacial score (nSPS) is 12.6. The number of hydrogen-bond donors (Lipinski definition) is 0. The summed E-state index contributed by atoms with van der Waals surface area (Å²) in [5.41, 5.74) is 11.9. The number of para-hydroxylation sites is 2. The highest BCUT2D eigenvalue weighted by atomic mass is 32.1. The predicted octanol–water partition coefficient (Wildman–Crippen LogP) is 11.5. The molecule has 1 nitrogen and oxygen atoms in total. The number of aromatic nitrogens is 1. The maximum Gasteiger partial charge on any atom is 0.0541 e. The molecule has 0 saturated heterocycles. The highest BCUT2D eigenvalue weighted by molar-refractivity contribution is 7.26. The van der Waals surface area contributed by atoms with Crippen LogP contribution in [-0.4, -0.2) is 4.57 Å². The molecule has 2 aromatic heterocycles. The molecule has 0 fully saturated rings. The Labute approximate surface area is 252 Å². The fourth-order valence-electron chi connectivity index (χ4n) is 7.54. The van der Waals surface area contributed by atoms with Crippen LogP contribution in [0.1, 0.15) is 11.1 Å². The third-order valence-corrected chi connectivity index (χ3v) is 10.6. The van der Waals surface area contributed by atoms with E-state index in [1.54, 1.807) is 0 Å². The molecule has 7 aromatic carbocycles. The SMILES string of the molecule is c1ccc(-n2c3ccccc3c3cc(-c4ccc5c(c4)-c4c(c6sc7ccccc7c6c6ccccc46)C5)ccc32)cc1. The first-order valence-corrected chi connectivity index (χ1v) is 15.7. The van der Waals surface area contributed by atoms with Gasteiger partial charge in [0, 0.05) is 43.1 Å². The Bertz CT molecular complexity index is 2580. The minimum atomic E-state index is 0.989. The largest absolute Gasteiger partial charge is 0.309 e. The number of hydrogen-bond acceptors (Lipinski definition) is 1. The summed E-state index contributed by atoms with van der Waals surface area (Å²) in [6, 6.07) is 51.5. The summed E-state index contributed by atoms with van der Waals surface area (Å²) in [7, 11) is 0. The number of fused-ring (bicyclic) bond motifs is 13. The van der Waals surface area contributed by atoms with E-state index in [-0.39, 0.29) is 0 Å². The summed E-state index contributed by atoms with van der Waals surface area (Å²) in [5, 5.41) is 8.10. The summed E-state index contributed by atoms with van der Waals surface area (Å²) in [4.78, 5) is 0. The molecule has 0 radical (unpaired) electrons. The van der Waals surface area contributed by atoms with E-state index in [4.69, 9.17) is 0 Å². The second-order valence-electron chi connectivity index (χ2n) is 11.7. The van der Waals surface area contributed by atoms with Crippen LogP contribution in [0.5, 0.6) is 0 Å². The molecule has 0 amide bonds. The van der Waals surface area contributed by atoms with Crippen LogP contribution < -0.4 is 0 Å². The predicted molar refractivity (Wildman–Crippen MR) is 185 cm³/mol. The van der Waals surface area contributed by atoms with Gasteiger partial charge < -0.3 is 4.57 Å². The molecule has 0 saturated carbocycles. The van der Waals surface area contributed by atoms with Crippen molar-refractivity contribution in [3.05, 3.63) is 151 Å². The van der Waals surface area contributed by atoms with Gasteiger partial charge in [0.25, 0.3) is 0 Å². The van der Waals surface area contributed by atoms with Crippen LogP contribution >= 0.6 is 11.3 Å². The molecule has 9 aromatic rings. The van der Waals surface area contributed by atoms with Crippen LogP contribution in [0.15, 0.2) is 140 Å². The Kier molecular flexibility index (Phi) is 4.72. The number of thiophene rings is 1. The van der Waals surface area contributed by atoms with Crippen LogP contribution in [0.25, 0.3) is 80.7 Å². The van der Waals surface area contributed by atoms with Crippen LogP contribution in [0.2, 0.25) is 0 Å². The lowest BCUT2D eigenvalue weighted by Crippen LogP contribution is -1.92. The summed E-state index contributed by atoms with van der Waals surface area (Å²) < 4.78 is 5.20. The lowest BCUT2D eigenvalue weighted by atomic mass is 9.93. The van der Waals surface area contributed by atoms with Gasteiger partial charge in [-0.1, -0.05) is 97.1 Å². The van der Waals surface area contributed by atoms with E-state index in [2.05, 4.69) is 144 Å². The van der Waals surface area contributed by atoms with Gasteiger partial charge in [0.15, 0.2) is 0 Å². The van der Waals surface area contributed by atoms with Gasteiger partial charge >= 0.3 is 0 Å². The zero-order chi connectivity index (χ0) is 28.1. The Morgan fingerprint density at radius 3 is 2.07 bits per heavy atom. The zero-order valence-electron chi connectivity index (χ0n) is 23.3. The van der Waals surface area contributed by atoms with Crippen molar-refractivity contribution < 1.29 is 0 Å². The monoisotopic (exact) mass is 563 g/mol. The van der Waals surface area contributed by atoms with Crippen molar-refractivity contribution in [3.63, 3.8) is 0 Å². The summed E-state index contributed by atoms with van der Waals surface area (Å²) in [6.45, 7) is 0. The van der Waals surface area contributed by atoms with E-state index < -0.39 is 0 Å². The van der Waals surface area contributed by atoms with E-state index in [1.807, 2.05) is 11.3 Å². The second-order valence-corrected chi connectivity index (χ2v) is 12.7. The van der Waals surface area contributed by atoms with Crippen molar-refractivity contribution in [3.8, 4) is 27.9 Å². The van der Waals surface area contributed by atoms with E-state index in [0.717, 1.165) is 6.42 Å². The number of rotatable bonds is 2. The summed E-state index contributed by atoms with van der Waals surface area (Å²) >= 11 is 1.95. The van der Waals surface area contributed by atoms with Gasteiger partial charge in [-0.25, -0.2) is 0 Å². The Morgan fingerprint density at radius 1 is 0.512 bits per heavy atom. The molecule has 1 aliphatic carbocycles. The molecule has 1 aliphatic rings. The molecule has 0 unspecified atom stereocenters. The van der Waals surface area contributed by atoms with E-state index >= 15 is 0 Å². The van der Waals surface area contributed by atoms with Gasteiger partial charge in [-0.05, 0) is 86.6 Å². The zero-order valence-corrected chi connectivity index (χ0v) is 24.2. The quantitative estimate of drug-likeness (QED) is 0.197. The fourth-order valence-corrected chi connectivity index (χ4v) is 8.80. The average Bonchev–Trinajstić information content (AvgIpc) is 3.75. The molecule has 0 spiro atoms. The second kappa shape index (κ2) is 8.67. The van der Waals surface area contributed by atoms with Gasteiger partial charge in [0.05, 0.1) is 11.0 Å². The smallest absolute Gasteiger partial charge is 0.0541 e. The maximum atomic E-state index is 2.45. The lowest BCUT2D eigenvalue weighted by molar-refractivity contribution is 1.18. The lowest BCUT2D eigenvalue weighted by Gasteiger charge is -2.11. The average molecular weight is 564 g/mol. The molecule has 0 aliphatic heterocycles. The molecule has 200 valence electrons. The van der Waals surface area contributed by atoms with Crippen LogP contribution in [0.3, 0.4) is 0 Å². The summed E-state index contributed by atoms with van der Waals surface area (Å²) in [5.74, 6) is 0. The summed E-state index contributed by atoms with van der Waals surface area (Å²) in [6.07, 6.45) is 0.989. The van der Waals surface area contributed by atoms with Gasteiger partial charge in [-0.3, -0.25) is 0 Å². The Hall–Kier alpha value is -5.18. The topological polar surface area (TPSA) is 4.93 Å². The maximum absolute atomic E-state index is 2.45. The van der Waals surface area contributed by atoms with Crippen LogP contribution in [0, 0.1) is 0 Å². The van der Waals surface area contributed by atoms with Crippen LogP contribution in [-0.2, 0) is 6.42 Å². The van der Waals surface area contributed by atoms with Crippen molar-refractivity contribution in [2.24, 2.45) is 0 Å². The van der Waals surface area contributed by atoms with Crippen molar-refractivity contribution in [1.29, 1.82) is 0 Å². The van der Waals surface area contributed by atoms with Gasteiger partial charge in [0.2, 0.25) is 0 Å². The minimum absolute atomic E-state index is 0.989. The standard InChI is InChI=1S/C41H25NS/c1-2-10-28(11-3-1)42-36-16-8-6-12-29(36)34-23-26(20-21-37(34)42)25-18-19-27-24-35-39(33(27)22-25)30-13-4-5-14-31(30)40-32-15-7-9-17-38(32)43-41(35)40/h1-23H,24H2. The third kappa shape index (κ3) is 3.22. The molecular weight excluding hydrogens is 539 g/mol. The van der Waals surface area contributed by atoms with E-state index in [9.17, 15) is 0 Å².